The lowest BCUT2D eigenvalue weighted by Gasteiger charge is -2.36. The van der Waals surface area contributed by atoms with E-state index in [1.807, 2.05) is 6.07 Å². The highest BCUT2D eigenvalue weighted by atomic mass is 16.5. The van der Waals surface area contributed by atoms with Crippen LogP contribution >= 0.6 is 0 Å². The molecule has 2 aromatic rings. The number of nitrogens with one attached hydrogen (secondary N) is 3. The number of esters is 1. The van der Waals surface area contributed by atoms with Crippen molar-refractivity contribution >= 4 is 29.6 Å². The largest absolute Gasteiger partial charge is 0.493 e. The van der Waals surface area contributed by atoms with Crippen molar-refractivity contribution in [2.24, 2.45) is 0 Å². The van der Waals surface area contributed by atoms with Crippen molar-refractivity contribution in [3.8, 4) is 11.5 Å². The average molecular weight is 637 g/mol. The zero-order valence-corrected chi connectivity index (χ0v) is 26.9. The van der Waals surface area contributed by atoms with E-state index < -0.39 is 47.4 Å². The van der Waals surface area contributed by atoms with Gasteiger partial charge in [0.05, 0.1) is 26.4 Å². The zero-order valence-electron chi connectivity index (χ0n) is 26.9. The van der Waals surface area contributed by atoms with Crippen LogP contribution in [0.25, 0.3) is 0 Å². The number of hydrogen-bond donors (Lipinski definition) is 3. The normalized spacial score (nSPS) is 23.7. The summed E-state index contributed by atoms with van der Waals surface area (Å²) in [5, 5.41) is 8.59. The molecule has 0 saturated carbocycles. The lowest BCUT2D eigenvalue weighted by molar-refractivity contribution is -0.144. The molecular formula is C34H44N4O8. The molecule has 2 heterocycles. The summed E-state index contributed by atoms with van der Waals surface area (Å²) < 4.78 is 16.1. The second kappa shape index (κ2) is 15.6. The predicted molar refractivity (Wildman–Crippen MR) is 169 cm³/mol. The molecule has 2 aromatic carbocycles. The number of hydrogen-bond acceptors (Lipinski definition) is 8. The fraction of sp³-hybridized carbons (Fsp3) is 0.500. The summed E-state index contributed by atoms with van der Waals surface area (Å²) in [6, 6.07) is 11.2. The first-order valence-electron chi connectivity index (χ1n) is 15.8. The first kappa shape index (κ1) is 34.3. The Kier molecular flexibility index (Phi) is 11.6. The molecule has 46 heavy (non-hydrogen) atoms. The van der Waals surface area contributed by atoms with Crippen molar-refractivity contribution in [3.05, 3.63) is 59.7 Å². The Bertz CT molecular complexity index is 1420. The second-order valence-electron chi connectivity index (χ2n) is 11.8. The first-order valence-corrected chi connectivity index (χ1v) is 15.8. The van der Waals surface area contributed by atoms with E-state index in [2.05, 4.69) is 16.0 Å². The van der Waals surface area contributed by atoms with Crippen LogP contribution in [0.4, 0.5) is 0 Å². The van der Waals surface area contributed by atoms with Crippen molar-refractivity contribution in [1.82, 2.24) is 20.9 Å². The molecule has 2 aliphatic rings. The Balaban J connectivity index is 1.50. The van der Waals surface area contributed by atoms with Crippen LogP contribution in [0.5, 0.6) is 11.5 Å². The van der Waals surface area contributed by atoms with Gasteiger partial charge in [-0.2, -0.15) is 0 Å². The molecule has 0 bridgehead atoms. The van der Waals surface area contributed by atoms with Crippen LogP contribution in [0.2, 0.25) is 0 Å². The number of amides is 4. The van der Waals surface area contributed by atoms with Gasteiger partial charge in [-0.1, -0.05) is 31.2 Å². The number of carbonyl (C=O) groups is 5. The fourth-order valence-electron chi connectivity index (χ4n) is 5.74. The highest BCUT2D eigenvalue weighted by Gasteiger charge is 2.43. The third-order valence-electron chi connectivity index (χ3n) is 8.70. The quantitative estimate of drug-likeness (QED) is 0.251. The smallest absolute Gasteiger partial charge is 0.338 e. The van der Waals surface area contributed by atoms with E-state index in [9.17, 15) is 24.0 Å². The predicted octanol–water partition coefficient (Wildman–Crippen LogP) is 2.53. The SMILES string of the molecule is CC[C@]1(C)NC(=O)[C@H](CCCCOC(=O)c2ccccc2)NC(=O)[C@H]2CCCN2C(=O)[C@H](Cc2ccc(OC)c(OC)c2)NC1=O. The maximum atomic E-state index is 14.0. The summed E-state index contributed by atoms with van der Waals surface area (Å²) in [6.45, 7) is 3.87. The van der Waals surface area contributed by atoms with Gasteiger partial charge in [0.1, 0.15) is 23.7 Å². The molecule has 0 radical (unpaired) electrons. The van der Waals surface area contributed by atoms with Gasteiger partial charge in [0.2, 0.25) is 23.6 Å². The maximum absolute atomic E-state index is 14.0. The Hall–Kier alpha value is -4.61. The van der Waals surface area contributed by atoms with Crippen molar-refractivity contribution < 1.29 is 38.2 Å². The van der Waals surface area contributed by atoms with Crippen LogP contribution in [-0.2, 0) is 30.3 Å². The molecule has 4 amide bonds. The highest BCUT2D eigenvalue weighted by Crippen LogP contribution is 2.29. The number of methoxy groups -OCH3 is 2. The van der Waals surface area contributed by atoms with Gasteiger partial charge in [-0.25, -0.2) is 4.79 Å². The molecule has 0 aliphatic carbocycles. The summed E-state index contributed by atoms with van der Waals surface area (Å²) in [5.41, 5.74) is -0.182. The summed E-state index contributed by atoms with van der Waals surface area (Å²) in [4.78, 5) is 68.7. The molecular weight excluding hydrogens is 592 g/mol. The van der Waals surface area contributed by atoms with E-state index in [-0.39, 0.29) is 31.8 Å². The number of carbonyl (C=O) groups excluding carboxylic acids is 5. The van der Waals surface area contributed by atoms with Gasteiger partial charge in [0.15, 0.2) is 11.5 Å². The molecule has 12 heteroatoms. The minimum absolute atomic E-state index is 0.140. The van der Waals surface area contributed by atoms with Crippen molar-refractivity contribution in [3.63, 3.8) is 0 Å². The minimum atomic E-state index is -1.36. The molecule has 0 spiro atoms. The Morgan fingerprint density at radius 3 is 2.37 bits per heavy atom. The first-order chi connectivity index (χ1) is 22.1. The summed E-state index contributed by atoms with van der Waals surface area (Å²) in [7, 11) is 3.04. The van der Waals surface area contributed by atoms with E-state index in [0.717, 1.165) is 5.56 Å². The second-order valence-corrected chi connectivity index (χ2v) is 11.8. The Morgan fingerprint density at radius 2 is 1.67 bits per heavy atom. The van der Waals surface area contributed by atoms with Crippen LogP contribution in [0.1, 0.15) is 68.3 Å². The monoisotopic (exact) mass is 636 g/mol. The van der Waals surface area contributed by atoms with Crippen LogP contribution in [0.3, 0.4) is 0 Å². The van der Waals surface area contributed by atoms with E-state index in [1.165, 1.54) is 19.1 Å². The van der Waals surface area contributed by atoms with E-state index >= 15 is 0 Å². The lowest BCUT2D eigenvalue weighted by Crippen LogP contribution is -2.65. The Labute approximate surface area is 269 Å². The van der Waals surface area contributed by atoms with Crippen LogP contribution in [0, 0.1) is 0 Å². The summed E-state index contributed by atoms with van der Waals surface area (Å²) >= 11 is 0. The number of ether oxygens (including phenoxy) is 3. The van der Waals surface area contributed by atoms with Crippen molar-refractivity contribution in [2.45, 2.75) is 82.5 Å². The number of fused-ring (bicyclic) bond motifs is 1. The molecule has 2 aliphatic heterocycles. The standard InChI is InChI=1S/C34H44N4O8/c1-5-34(2)33(43)36-25(20-22-16-17-27(44-3)28(21-22)45-4)31(41)38-18-11-15-26(38)30(40)35-24(29(39)37-34)14-9-10-19-46-32(42)23-12-7-6-8-13-23/h6-8,12-13,16-17,21,24-26H,5,9-11,14-15,18-20H2,1-4H3,(H,35,40)(H,36,43)(H,37,39)/t24-,25-,26+,34-/m0/s1. The number of nitrogens with zero attached hydrogens (tertiary/aromatic N) is 1. The van der Waals surface area contributed by atoms with Gasteiger partial charge in [0.25, 0.3) is 0 Å². The molecule has 4 rings (SSSR count). The Morgan fingerprint density at radius 1 is 0.935 bits per heavy atom. The van der Waals surface area contributed by atoms with E-state index in [1.54, 1.807) is 56.3 Å². The zero-order chi connectivity index (χ0) is 33.3. The average Bonchev–Trinajstić information content (AvgIpc) is 3.57. The summed E-state index contributed by atoms with van der Waals surface area (Å²) in [5.74, 6) is -1.22. The summed E-state index contributed by atoms with van der Waals surface area (Å²) in [6.07, 6.45) is 2.61. The number of rotatable bonds is 11. The molecule has 4 atom stereocenters. The van der Waals surface area contributed by atoms with Gasteiger partial charge >= 0.3 is 5.97 Å². The van der Waals surface area contributed by atoms with E-state index in [4.69, 9.17) is 14.2 Å². The third kappa shape index (κ3) is 8.15. The van der Waals surface area contributed by atoms with E-state index in [0.29, 0.717) is 49.3 Å². The van der Waals surface area contributed by atoms with Gasteiger partial charge in [-0.3, -0.25) is 19.2 Å². The third-order valence-corrected chi connectivity index (χ3v) is 8.70. The van der Waals surface area contributed by atoms with Gasteiger partial charge in [-0.05, 0) is 75.3 Å². The van der Waals surface area contributed by atoms with Gasteiger partial charge in [0, 0.05) is 13.0 Å². The fourth-order valence-corrected chi connectivity index (χ4v) is 5.74. The van der Waals surface area contributed by atoms with Crippen LogP contribution in [-0.4, -0.2) is 85.5 Å². The number of unbranched alkanes of at least 4 members (excludes halogenated alkanes) is 1. The van der Waals surface area contributed by atoms with Crippen LogP contribution < -0.4 is 25.4 Å². The molecule has 12 nitrogen and oxygen atoms in total. The lowest BCUT2D eigenvalue weighted by atomic mass is 9.94. The molecule has 2 saturated heterocycles. The van der Waals surface area contributed by atoms with Gasteiger partial charge in [-0.15, -0.1) is 0 Å². The van der Waals surface area contributed by atoms with Crippen LogP contribution in [0.15, 0.2) is 48.5 Å². The molecule has 0 unspecified atom stereocenters. The number of benzene rings is 2. The molecule has 0 aromatic heterocycles. The molecule has 248 valence electrons. The molecule has 3 N–H and O–H groups in total. The minimum Gasteiger partial charge on any atom is -0.493 e. The molecule has 2 fully saturated rings. The highest BCUT2D eigenvalue weighted by molar-refractivity contribution is 5.99. The van der Waals surface area contributed by atoms with Gasteiger partial charge < -0.3 is 35.1 Å². The topological polar surface area (TPSA) is 152 Å². The maximum Gasteiger partial charge on any atom is 0.338 e. The van der Waals surface area contributed by atoms with Crippen molar-refractivity contribution in [1.29, 1.82) is 0 Å². The van der Waals surface area contributed by atoms with Crippen molar-refractivity contribution in [2.75, 3.05) is 27.4 Å².